The molecule has 0 aliphatic rings. The Kier molecular flexibility index (Phi) is 3.93. The van der Waals surface area contributed by atoms with Crippen LogP contribution in [0.4, 0.5) is 0 Å². The zero-order valence-corrected chi connectivity index (χ0v) is 8.69. The first-order valence-corrected chi connectivity index (χ1v) is 4.49. The predicted octanol–water partition coefficient (Wildman–Crippen LogP) is 0.452. The lowest BCUT2D eigenvalue weighted by Gasteiger charge is -2.14. The number of benzene rings is 1. The molecule has 0 radical (unpaired) electrons. The maximum atomic E-state index is 11.1. The molecule has 0 heterocycles. The fourth-order valence-corrected chi connectivity index (χ4v) is 1.08. The maximum absolute atomic E-state index is 11.1. The van der Waals surface area contributed by atoms with Crippen LogP contribution in [0, 0.1) is 0 Å². The Labute approximate surface area is 88.1 Å². The molecule has 0 spiro atoms. The summed E-state index contributed by atoms with van der Waals surface area (Å²) >= 11 is 0. The highest BCUT2D eigenvalue weighted by Gasteiger charge is 2.14. The molecule has 0 aromatic heterocycles. The number of carbonyl (C=O) groups excluding carboxylic acids is 1. The second-order valence-electron chi connectivity index (χ2n) is 2.92. The van der Waals surface area contributed by atoms with Gasteiger partial charge in [-0.2, -0.15) is 0 Å². The molecule has 0 aliphatic carbocycles. The molecule has 3 N–H and O–H groups in total. The number of hydrogen-bond acceptors (Lipinski definition) is 4. The van der Waals surface area contributed by atoms with Crippen LogP contribution in [0.1, 0.15) is 6.92 Å². The van der Waals surface area contributed by atoms with E-state index in [9.17, 15) is 4.79 Å². The molecular formula is C10H14N2O3. The molecular weight excluding hydrogens is 196 g/mol. The summed E-state index contributed by atoms with van der Waals surface area (Å²) in [5.41, 5.74) is 2.02. The third-order valence-electron chi connectivity index (χ3n) is 1.88. The quantitative estimate of drug-likeness (QED) is 0.430. The van der Waals surface area contributed by atoms with Crippen LogP contribution >= 0.6 is 0 Å². The smallest absolute Gasteiger partial charge is 0.274 e. The van der Waals surface area contributed by atoms with Crippen molar-refractivity contribution in [2.45, 2.75) is 13.0 Å². The number of amides is 1. The van der Waals surface area contributed by atoms with E-state index in [0.29, 0.717) is 11.5 Å². The predicted molar refractivity (Wildman–Crippen MR) is 55.4 cm³/mol. The molecule has 1 amide bonds. The number of rotatable bonds is 4. The Morgan fingerprint density at radius 1 is 1.40 bits per heavy atom. The van der Waals surface area contributed by atoms with Crippen molar-refractivity contribution in [3.8, 4) is 11.5 Å². The molecule has 0 aliphatic heterocycles. The molecule has 0 fully saturated rings. The van der Waals surface area contributed by atoms with Gasteiger partial charge in [-0.05, 0) is 19.1 Å². The molecule has 15 heavy (non-hydrogen) atoms. The van der Waals surface area contributed by atoms with Gasteiger partial charge in [0.15, 0.2) is 17.6 Å². The van der Waals surface area contributed by atoms with Gasteiger partial charge in [0.2, 0.25) is 0 Å². The molecule has 1 unspecified atom stereocenters. The van der Waals surface area contributed by atoms with Crippen LogP contribution < -0.4 is 20.7 Å². The Balaban J connectivity index is 2.75. The minimum absolute atomic E-state index is 0.388. The average Bonchev–Trinajstić information content (AvgIpc) is 2.28. The van der Waals surface area contributed by atoms with Gasteiger partial charge in [0, 0.05) is 0 Å². The van der Waals surface area contributed by atoms with E-state index in [1.165, 1.54) is 7.11 Å². The molecule has 0 saturated carbocycles. The summed E-state index contributed by atoms with van der Waals surface area (Å²) in [5.74, 6) is 5.69. The Morgan fingerprint density at radius 3 is 2.53 bits per heavy atom. The molecule has 1 rings (SSSR count). The van der Waals surface area contributed by atoms with Crippen molar-refractivity contribution < 1.29 is 14.3 Å². The number of nitrogens with two attached hydrogens (primary N) is 1. The van der Waals surface area contributed by atoms with E-state index in [2.05, 4.69) is 0 Å². The van der Waals surface area contributed by atoms with Crippen LogP contribution in [0.2, 0.25) is 0 Å². The number of methoxy groups -OCH3 is 1. The van der Waals surface area contributed by atoms with Crippen LogP contribution in [0.3, 0.4) is 0 Å². The standard InChI is InChI=1S/C10H14N2O3/c1-7(10(13)12-11)15-9-6-4-3-5-8(9)14-2/h3-7H,11H2,1-2H3,(H,12,13). The lowest BCUT2D eigenvalue weighted by atomic mass is 10.3. The highest BCUT2D eigenvalue weighted by molar-refractivity contribution is 5.80. The molecule has 5 heteroatoms. The van der Waals surface area contributed by atoms with Crippen LogP contribution in [0.15, 0.2) is 24.3 Å². The van der Waals surface area contributed by atoms with Crippen molar-refractivity contribution in [3.63, 3.8) is 0 Å². The molecule has 82 valence electrons. The molecule has 0 saturated heterocycles. The van der Waals surface area contributed by atoms with E-state index in [4.69, 9.17) is 15.3 Å². The van der Waals surface area contributed by atoms with Gasteiger partial charge in [0.1, 0.15) is 0 Å². The van der Waals surface area contributed by atoms with Crippen LogP contribution in [0.5, 0.6) is 11.5 Å². The number of nitrogens with one attached hydrogen (secondary N) is 1. The largest absolute Gasteiger partial charge is 0.493 e. The second-order valence-corrected chi connectivity index (χ2v) is 2.92. The van der Waals surface area contributed by atoms with Gasteiger partial charge >= 0.3 is 0 Å². The summed E-state index contributed by atoms with van der Waals surface area (Å²) in [5, 5.41) is 0. The van der Waals surface area contributed by atoms with Gasteiger partial charge < -0.3 is 9.47 Å². The molecule has 5 nitrogen and oxygen atoms in total. The van der Waals surface area contributed by atoms with E-state index in [0.717, 1.165) is 0 Å². The second kappa shape index (κ2) is 5.21. The van der Waals surface area contributed by atoms with Gasteiger partial charge in [-0.3, -0.25) is 10.2 Å². The number of para-hydroxylation sites is 2. The summed E-state index contributed by atoms with van der Waals surface area (Å²) in [4.78, 5) is 11.1. The van der Waals surface area contributed by atoms with Gasteiger partial charge in [0.25, 0.3) is 5.91 Å². The SMILES string of the molecule is COc1ccccc1OC(C)C(=O)NN. The lowest BCUT2D eigenvalue weighted by molar-refractivity contribution is -0.127. The zero-order chi connectivity index (χ0) is 11.3. The van der Waals surface area contributed by atoms with Crippen molar-refractivity contribution in [1.29, 1.82) is 0 Å². The van der Waals surface area contributed by atoms with E-state index in [1.54, 1.807) is 25.1 Å². The lowest BCUT2D eigenvalue weighted by Crippen LogP contribution is -2.40. The number of carbonyl (C=O) groups is 1. The minimum Gasteiger partial charge on any atom is -0.493 e. The number of ether oxygens (including phenoxy) is 2. The van der Waals surface area contributed by atoms with Gasteiger partial charge in [-0.25, -0.2) is 5.84 Å². The summed E-state index contributed by atoms with van der Waals surface area (Å²) < 4.78 is 10.4. The van der Waals surface area contributed by atoms with E-state index >= 15 is 0 Å². The fourth-order valence-electron chi connectivity index (χ4n) is 1.08. The highest BCUT2D eigenvalue weighted by atomic mass is 16.5. The summed E-state index contributed by atoms with van der Waals surface area (Å²) in [6.45, 7) is 1.61. The topological polar surface area (TPSA) is 73.6 Å². The third kappa shape index (κ3) is 2.85. The summed E-state index contributed by atoms with van der Waals surface area (Å²) in [6.07, 6.45) is -0.661. The van der Waals surface area contributed by atoms with Crippen molar-refractivity contribution in [2.75, 3.05) is 7.11 Å². The number of hydrogen-bond donors (Lipinski definition) is 2. The first-order valence-electron chi connectivity index (χ1n) is 4.49. The first-order chi connectivity index (χ1) is 7.19. The Bertz CT molecular complexity index is 341. The monoisotopic (exact) mass is 210 g/mol. The zero-order valence-electron chi connectivity index (χ0n) is 8.69. The van der Waals surface area contributed by atoms with Crippen LogP contribution in [-0.4, -0.2) is 19.1 Å². The van der Waals surface area contributed by atoms with Crippen LogP contribution in [-0.2, 0) is 4.79 Å². The fraction of sp³-hybridized carbons (Fsp3) is 0.300. The summed E-state index contributed by atoms with van der Waals surface area (Å²) in [7, 11) is 1.54. The van der Waals surface area contributed by atoms with Crippen molar-refractivity contribution in [1.82, 2.24) is 5.43 Å². The van der Waals surface area contributed by atoms with E-state index < -0.39 is 6.10 Å². The van der Waals surface area contributed by atoms with Crippen molar-refractivity contribution in [3.05, 3.63) is 24.3 Å². The number of hydrazine groups is 1. The Hall–Kier alpha value is -1.75. The summed E-state index contributed by atoms with van der Waals surface area (Å²) in [6, 6.07) is 7.09. The highest BCUT2D eigenvalue weighted by Crippen LogP contribution is 2.26. The van der Waals surface area contributed by atoms with Gasteiger partial charge in [-0.1, -0.05) is 12.1 Å². The third-order valence-corrected chi connectivity index (χ3v) is 1.88. The molecule has 1 aromatic rings. The average molecular weight is 210 g/mol. The van der Waals surface area contributed by atoms with E-state index in [1.807, 2.05) is 11.5 Å². The molecule has 0 bridgehead atoms. The van der Waals surface area contributed by atoms with Crippen LogP contribution in [0.25, 0.3) is 0 Å². The first kappa shape index (κ1) is 11.3. The minimum atomic E-state index is -0.661. The normalized spacial score (nSPS) is 11.7. The van der Waals surface area contributed by atoms with Gasteiger partial charge in [0.05, 0.1) is 7.11 Å². The van der Waals surface area contributed by atoms with Crippen molar-refractivity contribution >= 4 is 5.91 Å². The van der Waals surface area contributed by atoms with E-state index in [-0.39, 0.29) is 5.91 Å². The Morgan fingerprint density at radius 2 is 2.00 bits per heavy atom. The molecule has 1 aromatic carbocycles. The van der Waals surface area contributed by atoms with Crippen molar-refractivity contribution in [2.24, 2.45) is 5.84 Å². The maximum Gasteiger partial charge on any atom is 0.274 e. The van der Waals surface area contributed by atoms with Gasteiger partial charge in [-0.15, -0.1) is 0 Å². The molecule has 1 atom stereocenters.